The van der Waals surface area contributed by atoms with E-state index >= 15 is 0 Å². The number of hydrogen-bond acceptors (Lipinski definition) is 4. The molecule has 1 amide bonds. The highest BCUT2D eigenvalue weighted by atomic mass is 16.5. The largest absolute Gasteiger partial charge is 0.494 e. The number of anilines is 3. The van der Waals surface area contributed by atoms with Gasteiger partial charge < -0.3 is 20.1 Å². The topological polar surface area (TPSA) is 59.6 Å². The molecule has 3 rings (SSSR count). The smallest absolute Gasteiger partial charge is 0.227 e. The molecule has 0 aromatic heterocycles. The monoisotopic (exact) mass is 376 g/mol. The molecule has 0 radical (unpaired) electrons. The Labute approximate surface area is 165 Å². The van der Waals surface area contributed by atoms with E-state index in [4.69, 9.17) is 9.47 Å². The van der Waals surface area contributed by atoms with E-state index in [2.05, 4.69) is 10.6 Å². The third-order valence-electron chi connectivity index (χ3n) is 3.96. The second-order valence-corrected chi connectivity index (χ2v) is 6.12. The van der Waals surface area contributed by atoms with E-state index in [9.17, 15) is 4.79 Å². The number of nitrogens with one attached hydrogen (secondary N) is 2. The second-order valence-electron chi connectivity index (χ2n) is 6.12. The average Bonchev–Trinajstić information content (AvgIpc) is 2.72. The zero-order chi connectivity index (χ0) is 19.6. The lowest BCUT2D eigenvalue weighted by atomic mass is 10.2. The molecule has 0 aliphatic carbocycles. The molecule has 2 N–H and O–H groups in total. The van der Waals surface area contributed by atoms with Crippen molar-refractivity contribution in [3.63, 3.8) is 0 Å². The fraction of sp³-hybridized carbons (Fsp3) is 0.174. The summed E-state index contributed by atoms with van der Waals surface area (Å²) in [4.78, 5) is 12.0. The van der Waals surface area contributed by atoms with Crippen molar-refractivity contribution in [2.24, 2.45) is 0 Å². The fourth-order valence-corrected chi connectivity index (χ4v) is 2.61. The lowest BCUT2D eigenvalue weighted by Crippen LogP contribution is -2.15. The SMILES string of the molecule is CCOc1ccc(Nc2ccc(NC(=O)CCOc3ccccc3)cc2)cc1. The van der Waals surface area contributed by atoms with E-state index in [1.54, 1.807) is 0 Å². The Morgan fingerprint density at radius 3 is 1.96 bits per heavy atom. The number of carbonyl (C=O) groups excluding carboxylic acids is 1. The lowest BCUT2D eigenvalue weighted by molar-refractivity contribution is -0.116. The van der Waals surface area contributed by atoms with Gasteiger partial charge in [-0.25, -0.2) is 0 Å². The van der Waals surface area contributed by atoms with Crippen LogP contribution < -0.4 is 20.1 Å². The van der Waals surface area contributed by atoms with E-state index in [0.29, 0.717) is 19.6 Å². The standard InChI is InChI=1S/C23H24N2O3/c1-2-27-22-14-12-19(13-15-22)24-18-8-10-20(11-9-18)25-23(26)16-17-28-21-6-4-3-5-7-21/h3-15,24H,2,16-17H2,1H3,(H,25,26). The molecule has 0 aliphatic rings. The number of para-hydroxylation sites is 1. The first-order valence-corrected chi connectivity index (χ1v) is 9.30. The highest BCUT2D eigenvalue weighted by Gasteiger charge is 2.04. The highest BCUT2D eigenvalue weighted by Crippen LogP contribution is 2.21. The number of carbonyl (C=O) groups is 1. The van der Waals surface area contributed by atoms with Gasteiger partial charge in [-0.1, -0.05) is 18.2 Å². The molecule has 0 unspecified atom stereocenters. The molecule has 0 bridgehead atoms. The van der Waals surface area contributed by atoms with Crippen LogP contribution in [0.4, 0.5) is 17.1 Å². The van der Waals surface area contributed by atoms with Crippen LogP contribution in [0.1, 0.15) is 13.3 Å². The number of ether oxygens (including phenoxy) is 2. The Morgan fingerprint density at radius 2 is 1.32 bits per heavy atom. The summed E-state index contributed by atoms with van der Waals surface area (Å²) < 4.78 is 11.0. The van der Waals surface area contributed by atoms with Crippen LogP contribution in [-0.2, 0) is 4.79 Å². The minimum absolute atomic E-state index is 0.0804. The summed E-state index contributed by atoms with van der Waals surface area (Å²) in [5.41, 5.74) is 2.66. The Bertz CT molecular complexity index is 863. The summed E-state index contributed by atoms with van der Waals surface area (Å²) in [7, 11) is 0. The quantitative estimate of drug-likeness (QED) is 0.536. The van der Waals surface area contributed by atoms with Crippen molar-refractivity contribution in [2.45, 2.75) is 13.3 Å². The molecular weight excluding hydrogens is 352 g/mol. The van der Waals surface area contributed by atoms with E-state index in [-0.39, 0.29) is 5.91 Å². The van der Waals surface area contributed by atoms with Crippen molar-refractivity contribution in [2.75, 3.05) is 23.8 Å². The predicted molar refractivity (Wildman–Crippen MR) is 113 cm³/mol. The third kappa shape index (κ3) is 6.06. The van der Waals surface area contributed by atoms with Gasteiger partial charge in [0.25, 0.3) is 0 Å². The van der Waals surface area contributed by atoms with E-state index in [1.807, 2.05) is 85.8 Å². The number of hydrogen-bond donors (Lipinski definition) is 2. The molecule has 0 heterocycles. The van der Waals surface area contributed by atoms with Crippen LogP contribution in [-0.4, -0.2) is 19.1 Å². The predicted octanol–water partition coefficient (Wildman–Crippen LogP) is 5.24. The first kappa shape index (κ1) is 19.3. The van der Waals surface area contributed by atoms with E-state index in [0.717, 1.165) is 28.6 Å². The Hall–Kier alpha value is -3.47. The van der Waals surface area contributed by atoms with Crippen molar-refractivity contribution in [3.05, 3.63) is 78.9 Å². The molecule has 0 aliphatic heterocycles. The van der Waals surface area contributed by atoms with Gasteiger partial charge in [0, 0.05) is 17.1 Å². The molecule has 5 heteroatoms. The third-order valence-corrected chi connectivity index (χ3v) is 3.96. The summed E-state index contributed by atoms with van der Waals surface area (Å²) in [6.45, 7) is 2.95. The summed E-state index contributed by atoms with van der Waals surface area (Å²) in [6, 6.07) is 24.8. The molecule has 0 atom stereocenters. The van der Waals surface area contributed by atoms with Crippen LogP contribution in [0.15, 0.2) is 78.9 Å². The lowest BCUT2D eigenvalue weighted by Gasteiger charge is -2.10. The maximum absolute atomic E-state index is 12.0. The summed E-state index contributed by atoms with van der Waals surface area (Å²) in [6.07, 6.45) is 0.293. The van der Waals surface area contributed by atoms with Gasteiger partial charge in [0.05, 0.1) is 19.6 Å². The van der Waals surface area contributed by atoms with Crippen LogP contribution in [0, 0.1) is 0 Å². The van der Waals surface area contributed by atoms with E-state index in [1.165, 1.54) is 0 Å². The number of rotatable bonds is 9. The first-order valence-electron chi connectivity index (χ1n) is 9.30. The zero-order valence-corrected chi connectivity index (χ0v) is 15.9. The normalized spacial score (nSPS) is 10.2. The molecule has 0 fully saturated rings. The van der Waals surface area contributed by atoms with Crippen molar-refractivity contribution < 1.29 is 14.3 Å². The van der Waals surface area contributed by atoms with Gasteiger partial charge in [0.15, 0.2) is 0 Å². The molecule has 3 aromatic carbocycles. The maximum atomic E-state index is 12.0. The van der Waals surface area contributed by atoms with Gasteiger partial charge in [0.2, 0.25) is 5.91 Å². The van der Waals surface area contributed by atoms with Crippen molar-refractivity contribution >= 4 is 23.0 Å². The second kappa shape index (κ2) is 10.0. The molecule has 0 saturated carbocycles. The molecule has 3 aromatic rings. The van der Waals surface area contributed by atoms with Gasteiger partial charge >= 0.3 is 0 Å². The van der Waals surface area contributed by atoms with Crippen LogP contribution in [0.2, 0.25) is 0 Å². The van der Waals surface area contributed by atoms with Gasteiger partial charge in [0.1, 0.15) is 11.5 Å². The molecule has 28 heavy (non-hydrogen) atoms. The van der Waals surface area contributed by atoms with Crippen LogP contribution in [0.25, 0.3) is 0 Å². The zero-order valence-electron chi connectivity index (χ0n) is 15.9. The maximum Gasteiger partial charge on any atom is 0.227 e. The molecular formula is C23H24N2O3. The van der Waals surface area contributed by atoms with E-state index < -0.39 is 0 Å². The van der Waals surface area contributed by atoms with Gasteiger partial charge in [-0.05, 0) is 67.6 Å². The van der Waals surface area contributed by atoms with Gasteiger partial charge in [-0.3, -0.25) is 4.79 Å². The van der Waals surface area contributed by atoms with Crippen molar-refractivity contribution in [1.29, 1.82) is 0 Å². The summed E-state index contributed by atoms with van der Waals surface area (Å²) in [5.74, 6) is 1.53. The minimum atomic E-state index is -0.0804. The molecule has 0 spiro atoms. The number of benzene rings is 3. The summed E-state index contributed by atoms with van der Waals surface area (Å²) >= 11 is 0. The molecule has 5 nitrogen and oxygen atoms in total. The Kier molecular flexibility index (Phi) is 6.90. The van der Waals surface area contributed by atoms with Gasteiger partial charge in [-0.15, -0.1) is 0 Å². The van der Waals surface area contributed by atoms with Gasteiger partial charge in [-0.2, -0.15) is 0 Å². The fourth-order valence-electron chi connectivity index (χ4n) is 2.61. The van der Waals surface area contributed by atoms with Crippen LogP contribution >= 0.6 is 0 Å². The minimum Gasteiger partial charge on any atom is -0.494 e. The molecule has 0 saturated heterocycles. The average molecular weight is 376 g/mol. The van der Waals surface area contributed by atoms with Crippen molar-refractivity contribution in [3.8, 4) is 11.5 Å². The highest BCUT2D eigenvalue weighted by molar-refractivity contribution is 5.91. The summed E-state index contributed by atoms with van der Waals surface area (Å²) in [5, 5.41) is 6.20. The Morgan fingerprint density at radius 1 is 0.750 bits per heavy atom. The van der Waals surface area contributed by atoms with Crippen LogP contribution in [0.5, 0.6) is 11.5 Å². The number of amides is 1. The van der Waals surface area contributed by atoms with Crippen LogP contribution in [0.3, 0.4) is 0 Å². The van der Waals surface area contributed by atoms with Crippen molar-refractivity contribution in [1.82, 2.24) is 0 Å². The first-order chi connectivity index (χ1) is 13.7. The Balaban J connectivity index is 1.45. The molecule has 144 valence electrons.